The Kier molecular flexibility index (Phi) is 3.81. The van der Waals surface area contributed by atoms with Crippen LogP contribution in [0.4, 0.5) is 5.69 Å². The van der Waals surface area contributed by atoms with Crippen LogP contribution in [0, 0.1) is 6.92 Å². The smallest absolute Gasteiger partial charge is 0.237 e. The molecule has 0 aromatic heterocycles. The normalized spacial score (nSPS) is 20.0. The number of benzene rings is 2. The van der Waals surface area contributed by atoms with E-state index in [1.807, 2.05) is 55.5 Å². The average Bonchev–Trinajstić information content (AvgIpc) is 2.54. The van der Waals surface area contributed by atoms with Gasteiger partial charge in [-0.25, -0.2) is 4.79 Å². The maximum absolute atomic E-state index is 10.9. The van der Waals surface area contributed by atoms with Crippen molar-refractivity contribution in [2.45, 2.75) is 19.0 Å². The van der Waals surface area contributed by atoms with Gasteiger partial charge in [0.05, 0.1) is 12.3 Å². The Morgan fingerprint density at radius 3 is 2.77 bits per heavy atom. The number of ether oxygens (including phenoxy) is 1. The van der Waals surface area contributed by atoms with E-state index in [0.29, 0.717) is 24.5 Å². The fourth-order valence-corrected chi connectivity index (χ4v) is 2.47. The minimum atomic E-state index is -1.06. The van der Waals surface area contributed by atoms with Gasteiger partial charge in [0.1, 0.15) is 5.75 Å². The number of fused-ring (bicyclic) bond motifs is 1. The van der Waals surface area contributed by atoms with Crippen molar-refractivity contribution < 1.29 is 9.53 Å². The molecule has 0 bridgehead atoms. The topological polar surface area (TPSA) is 63.4 Å². The second-order valence-electron chi connectivity index (χ2n) is 5.15. The summed E-state index contributed by atoms with van der Waals surface area (Å²) in [5, 5.41) is 8.60. The highest BCUT2D eigenvalue weighted by Crippen LogP contribution is 2.42. The van der Waals surface area contributed by atoms with Gasteiger partial charge in [0, 0.05) is 12.0 Å². The standard InChI is InChI=1S/C17H15N3O2/c1-13-7-8-15-16(11-13)22-10-9-17(15,18-12-21)20-19-14-5-3-2-4-6-14/h2-8,11H,9-10H2,1H3. The molecule has 1 unspecified atom stereocenters. The first-order valence-electron chi connectivity index (χ1n) is 7.04. The van der Waals surface area contributed by atoms with E-state index in [-0.39, 0.29) is 0 Å². The van der Waals surface area contributed by atoms with Crippen molar-refractivity contribution in [3.63, 3.8) is 0 Å². The summed E-state index contributed by atoms with van der Waals surface area (Å²) in [4.78, 5) is 14.9. The molecule has 1 aliphatic heterocycles. The molecule has 2 aromatic rings. The summed E-state index contributed by atoms with van der Waals surface area (Å²) in [7, 11) is 0. The molecule has 0 amide bonds. The van der Waals surface area contributed by atoms with Crippen molar-refractivity contribution in [2.24, 2.45) is 15.2 Å². The SMILES string of the molecule is Cc1ccc2c(c1)OCCC2(N=C=O)N=Nc1ccccc1. The van der Waals surface area contributed by atoms with Crippen LogP contribution in [0.15, 0.2) is 63.8 Å². The number of carbonyl (C=O) groups excluding carboxylic acids is 1. The minimum Gasteiger partial charge on any atom is -0.493 e. The molecule has 0 spiro atoms. The van der Waals surface area contributed by atoms with E-state index in [1.54, 1.807) is 6.08 Å². The maximum Gasteiger partial charge on any atom is 0.237 e. The van der Waals surface area contributed by atoms with Crippen molar-refractivity contribution in [1.29, 1.82) is 0 Å². The van der Waals surface area contributed by atoms with Gasteiger partial charge in [-0.2, -0.15) is 15.2 Å². The van der Waals surface area contributed by atoms with Gasteiger partial charge in [-0.1, -0.05) is 30.3 Å². The number of nitrogens with zero attached hydrogens (tertiary/aromatic N) is 3. The Hall–Kier alpha value is -2.78. The first-order chi connectivity index (χ1) is 10.7. The second kappa shape index (κ2) is 5.92. The second-order valence-corrected chi connectivity index (χ2v) is 5.15. The van der Waals surface area contributed by atoms with Gasteiger partial charge in [0.15, 0.2) is 0 Å². The Labute approximate surface area is 128 Å². The summed E-state index contributed by atoms with van der Waals surface area (Å²) in [5.74, 6) is 0.692. The lowest BCUT2D eigenvalue weighted by molar-refractivity contribution is 0.218. The van der Waals surface area contributed by atoms with Crippen LogP contribution in [0.25, 0.3) is 0 Å². The molecule has 5 heteroatoms. The molecule has 2 aromatic carbocycles. The predicted molar refractivity (Wildman–Crippen MR) is 82.0 cm³/mol. The number of hydrogen-bond acceptors (Lipinski definition) is 5. The van der Waals surface area contributed by atoms with Crippen LogP contribution in [0.3, 0.4) is 0 Å². The highest BCUT2D eigenvalue weighted by Gasteiger charge is 2.38. The van der Waals surface area contributed by atoms with Gasteiger partial charge in [-0.05, 0) is 30.7 Å². The number of azo groups is 1. The van der Waals surface area contributed by atoms with Gasteiger partial charge in [-0.3, -0.25) is 0 Å². The highest BCUT2D eigenvalue weighted by molar-refractivity contribution is 5.47. The van der Waals surface area contributed by atoms with Crippen molar-refractivity contribution in [3.8, 4) is 5.75 Å². The first kappa shape index (κ1) is 14.2. The summed E-state index contributed by atoms with van der Waals surface area (Å²) in [6.07, 6.45) is 2.09. The Morgan fingerprint density at radius 2 is 2.00 bits per heavy atom. The van der Waals surface area contributed by atoms with Crippen molar-refractivity contribution in [3.05, 3.63) is 59.7 Å². The third-order valence-electron chi connectivity index (χ3n) is 3.59. The van der Waals surface area contributed by atoms with Crippen LogP contribution in [0.2, 0.25) is 0 Å². The third kappa shape index (κ3) is 2.67. The van der Waals surface area contributed by atoms with E-state index >= 15 is 0 Å². The van der Waals surface area contributed by atoms with Gasteiger partial charge >= 0.3 is 0 Å². The molecule has 0 fully saturated rings. The van der Waals surface area contributed by atoms with Crippen molar-refractivity contribution >= 4 is 11.8 Å². The zero-order valence-corrected chi connectivity index (χ0v) is 12.2. The van der Waals surface area contributed by atoms with Crippen LogP contribution in [-0.4, -0.2) is 12.7 Å². The molecular weight excluding hydrogens is 278 g/mol. The molecule has 0 radical (unpaired) electrons. The number of hydrogen-bond donors (Lipinski definition) is 0. The van der Waals surface area contributed by atoms with Crippen molar-refractivity contribution in [1.82, 2.24) is 0 Å². The molecule has 1 aliphatic rings. The largest absolute Gasteiger partial charge is 0.493 e. The molecule has 3 rings (SSSR count). The van der Waals surface area contributed by atoms with Crippen LogP contribution >= 0.6 is 0 Å². The Bertz CT molecular complexity index is 752. The molecule has 0 saturated carbocycles. The van der Waals surface area contributed by atoms with Crippen LogP contribution in [-0.2, 0) is 10.5 Å². The molecule has 110 valence electrons. The molecule has 1 heterocycles. The van der Waals surface area contributed by atoms with E-state index in [4.69, 9.17) is 4.74 Å². The van der Waals surface area contributed by atoms with Gasteiger partial charge in [0.25, 0.3) is 0 Å². The van der Waals surface area contributed by atoms with Crippen LogP contribution in [0.5, 0.6) is 5.75 Å². The van der Waals surface area contributed by atoms with Gasteiger partial charge < -0.3 is 4.74 Å². The van der Waals surface area contributed by atoms with Crippen LogP contribution in [0.1, 0.15) is 17.5 Å². The summed E-state index contributed by atoms with van der Waals surface area (Å²) in [6, 6.07) is 15.1. The lowest BCUT2D eigenvalue weighted by Gasteiger charge is -2.30. The summed E-state index contributed by atoms with van der Waals surface area (Å²) in [6.45, 7) is 2.41. The number of isocyanates is 1. The first-order valence-corrected chi connectivity index (χ1v) is 7.04. The summed E-state index contributed by atoms with van der Waals surface area (Å²) >= 11 is 0. The quantitative estimate of drug-likeness (QED) is 0.487. The average molecular weight is 293 g/mol. The number of aliphatic imine (C=N–C) groups is 1. The monoisotopic (exact) mass is 293 g/mol. The van der Waals surface area contributed by atoms with Gasteiger partial charge in [-0.15, -0.1) is 0 Å². The lowest BCUT2D eigenvalue weighted by atomic mass is 9.93. The van der Waals surface area contributed by atoms with Gasteiger partial charge in [0.2, 0.25) is 11.7 Å². The van der Waals surface area contributed by atoms with E-state index in [0.717, 1.165) is 11.1 Å². The van der Waals surface area contributed by atoms with E-state index in [1.165, 1.54) is 0 Å². The van der Waals surface area contributed by atoms with E-state index in [9.17, 15) is 4.79 Å². The van der Waals surface area contributed by atoms with Crippen LogP contribution < -0.4 is 4.74 Å². The number of rotatable bonds is 3. The predicted octanol–water partition coefficient (Wildman–Crippen LogP) is 4.05. The number of aryl methyl sites for hydroxylation is 1. The minimum absolute atomic E-state index is 0.426. The maximum atomic E-state index is 10.9. The third-order valence-corrected chi connectivity index (χ3v) is 3.59. The highest BCUT2D eigenvalue weighted by atomic mass is 16.5. The van der Waals surface area contributed by atoms with E-state index in [2.05, 4.69) is 15.2 Å². The zero-order chi connectivity index (χ0) is 15.4. The molecule has 0 aliphatic carbocycles. The summed E-state index contributed by atoms with van der Waals surface area (Å²) in [5.41, 5.74) is 1.47. The van der Waals surface area contributed by atoms with Crippen molar-refractivity contribution in [2.75, 3.05) is 6.61 Å². The molecular formula is C17H15N3O2. The molecule has 0 saturated heterocycles. The Morgan fingerprint density at radius 1 is 1.18 bits per heavy atom. The fourth-order valence-electron chi connectivity index (χ4n) is 2.47. The molecule has 22 heavy (non-hydrogen) atoms. The van der Waals surface area contributed by atoms with E-state index < -0.39 is 5.66 Å². The Balaban J connectivity index is 2.07. The molecule has 1 atom stereocenters. The molecule has 5 nitrogen and oxygen atoms in total. The fraction of sp³-hybridized carbons (Fsp3) is 0.235. The zero-order valence-electron chi connectivity index (χ0n) is 12.2. The molecule has 0 N–H and O–H groups in total. The lowest BCUT2D eigenvalue weighted by Crippen LogP contribution is -2.29. The summed E-state index contributed by atoms with van der Waals surface area (Å²) < 4.78 is 5.67.